The zero-order chi connectivity index (χ0) is 15.7. The molecule has 1 aliphatic rings. The van der Waals surface area contributed by atoms with Crippen LogP contribution in [0.15, 0.2) is 12.2 Å². The Morgan fingerprint density at radius 3 is 2.52 bits per heavy atom. The standard InChI is InChI=1S/C15H26N2O4/c16-12(14(18)19)9-6-10-13(17)15(20)21-11-7-4-2-1-3-5-8-11/h1-2,11-13H,3-10,16-17H2,(H,18,19)/b2-1+/t11-,12-,13?/m0/s1. The zero-order valence-corrected chi connectivity index (χ0v) is 12.4. The second-order valence-corrected chi connectivity index (χ2v) is 5.52. The highest BCUT2D eigenvalue weighted by molar-refractivity contribution is 5.75. The van der Waals surface area contributed by atoms with Gasteiger partial charge in [0.1, 0.15) is 18.2 Å². The summed E-state index contributed by atoms with van der Waals surface area (Å²) in [5.74, 6) is -1.43. The molecule has 6 heteroatoms. The van der Waals surface area contributed by atoms with Gasteiger partial charge >= 0.3 is 11.9 Å². The van der Waals surface area contributed by atoms with Crippen LogP contribution in [0.25, 0.3) is 0 Å². The number of rotatable bonds is 7. The lowest BCUT2D eigenvalue weighted by molar-refractivity contribution is -0.151. The van der Waals surface area contributed by atoms with Crippen molar-refractivity contribution in [3.05, 3.63) is 12.2 Å². The predicted molar refractivity (Wildman–Crippen MR) is 79.5 cm³/mol. The van der Waals surface area contributed by atoms with Crippen molar-refractivity contribution in [3.63, 3.8) is 0 Å². The van der Waals surface area contributed by atoms with Crippen molar-refractivity contribution in [3.8, 4) is 0 Å². The lowest BCUT2D eigenvalue weighted by atomic mass is 10.0. The van der Waals surface area contributed by atoms with Crippen LogP contribution < -0.4 is 11.5 Å². The highest BCUT2D eigenvalue weighted by atomic mass is 16.5. The van der Waals surface area contributed by atoms with Crippen LogP contribution in [-0.2, 0) is 14.3 Å². The molecule has 3 atom stereocenters. The maximum atomic E-state index is 11.9. The summed E-state index contributed by atoms with van der Waals surface area (Å²) in [4.78, 5) is 22.5. The van der Waals surface area contributed by atoms with Gasteiger partial charge in [0.05, 0.1) is 0 Å². The van der Waals surface area contributed by atoms with Crippen LogP contribution in [0.2, 0.25) is 0 Å². The van der Waals surface area contributed by atoms with Gasteiger partial charge in [-0.3, -0.25) is 9.59 Å². The molecule has 0 aromatic heterocycles. The number of carbonyl (C=O) groups is 2. The molecular formula is C15H26N2O4. The second-order valence-electron chi connectivity index (χ2n) is 5.52. The third-order valence-corrected chi connectivity index (χ3v) is 3.65. The van der Waals surface area contributed by atoms with E-state index in [0.29, 0.717) is 19.3 Å². The van der Waals surface area contributed by atoms with E-state index in [1.807, 2.05) is 0 Å². The van der Waals surface area contributed by atoms with E-state index in [-0.39, 0.29) is 6.10 Å². The molecule has 0 spiro atoms. The van der Waals surface area contributed by atoms with Crippen LogP contribution in [-0.4, -0.2) is 35.2 Å². The van der Waals surface area contributed by atoms with Crippen LogP contribution in [0, 0.1) is 0 Å². The Bertz CT molecular complexity index is 371. The third-order valence-electron chi connectivity index (χ3n) is 3.65. The van der Waals surface area contributed by atoms with Crippen molar-refractivity contribution in [1.82, 2.24) is 0 Å². The Morgan fingerprint density at radius 1 is 1.14 bits per heavy atom. The Balaban J connectivity index is 2.26. The first-order valence-electron chi connectivity index (χ1n) is 7.60. The number of esters is 1. The van der Waals surface area contributed by atoms with Crippen molar-refractivity contribution in [2.24, 2.45) is 11.5 Å². The van der Waals surface area contributed by atoms with Gasteiger partial charge in [0, 0.05) is 0 Å². The zero-order valence-electron chi connectivity index (χ0n) is 12.4. The highest BCUT2D eigenvalue weighted by Gasteiger charge is 2.21. The molecule has 0 aromatic carbocycles. The molecule has 0 bridgehead atoms. The summed E-state index contributed by atoms with van der Waals surface area (Å²) in [6, 6.07) is -1.60. The number of carbonyl (C=O) groups excluding carboxylic acids is 1. The topological polar surface area (TPSA) is 116 Å². The Kier molecular flexibility index (Phi) is 8.00. The van der Waals surface area contributed by atoms with Crippen molar-refractivity contribution < 1.29 is 19.4 Å². The smallest absolute Gasteiger partial charge is 0.323 e. The van der Waals surface area contributed by atoms with Crippen molar-refractivity contribution in [2.45, 2.75) is 69.6 Å². The van der Waals surface area contributed by atoms with E-state index in [9.17, 15) is 9.59 Å². The summed E-state index contributed by atoms with van der Waals surface area (Å²) in [6.45, 7) is 0. The van der Waals surface area contributed by atoms with Gasteiger partial charge in [0.15, 0.2) is 0 Å². The number of hydrogen-bond acceptors (Lipinski definition) is 5. The summed E-state index contributed by atoms with van der Waals surface area (Å²) in [7, 11) is 0. The Hall–Kier alpha value is -1.40. The lowest BCUT2D eigenvalue weighted by Gasteiger charge is -2.20. The van der Waals surface area contributed by atoms with Gasteiger partial charge in [-0.25, -0.2) is 0 Å². The molecule has 0 fully saturated rings. The van der Waals surface area contributed by atoms with Gasteiger partial charge in [-0.05, 0) is 51.4 Å². The second kappa shape index (κ2) is 9.52. The molecule has 1 unspecified atom stereocenters. The fourth-order valence-corrected chi connectivity index (χ4v) is 2.29. The molecule has 1 aliphatic carbocycles. The molecule has 0 amide bonds. The van der Waals surface area contributed by atoms with Crippen LogP contribution >= 0.6 is 0 Å². The van der Waals surface area contributed by atoms with Crippen molar-refractivity contribution >= 4 is 11.9 Å². The molecule has 0 saturated carbocycles. The minimum atomic E-state index is -1.03. The van der Waals surface area contributed by atoms with E-state index in [0.717, 1.165) is 32.1 Å². The summed E-state index contributed by atoms with van der Waals surface area (Å²) in [5.41, 5.74) is 11.2. The van der Waals surface area contributed by atoms with E-state index >= 15 is 0 Å². The summed E-state index contributed by atoms with van der Waals surface area (Å²) in [5, 5.41) is 8.67. The first-order chi connectivity index (χ1) is 10.0. The van der Waals surface area contributed by atoms with Gasteiger partial charge in [-0.2, -0.15) is 0 Å². The fraction of sp³-hybridized carbons (Fsp3) is 0.733. The van der Waals surface area contributed by atoms with Gasteiger partial charge in [0.25, 0.3) is 0 Å². The summed E-state index contributed by atoms with van der Waals surface area (Å²) in [6.07, 6.45) is 10.1. The molecule has 0 saturated heterocycles. The lowest BCUT2D eigenvalue weighted by Crippen LogP contribution is -2.36. The maximum absolute atomic E-state index is 11.9. The Morgan fingerprint density at radius 2 is 1.81 bits per heavy atom. The molecule has 0 aliphatic heterocycles. The quantitative estimate of drug-likeness (QED) is 0.482. The fourth-order valence-electron chi connectivity index (χ4n) is 2.29. The first-order valence-corrected chi connectivity index (χ1v) is 7.60. The molecule has 6 nitrogen and oxygen atoms in total. The summed E-state index contributed by atoms with van der Waals surface area (Å²) < 4.78 is 5.45. The normalized spacial score (nSPS) is 23.4. The molecule has 0 aromatic rings. The SMILES string of the molecule is NC(CCC[C@H](N)C(=O)O)C(=O)O[C@H]1CC/C=C/CCC1. The highest BCUT2D eigenvalue weighted by Crippen LogP contribution is 2.16. The average molecular weight is 298 g/mol. The number of allylic oxidation sites excluding steroid dienone is 2. The Labute approximate surface area is 125 Å². The molecule has 1 rings (SSSR count). The maximum Gasteiger partial charge on any atom is 0.323 e. The van der Waals surface area contributed by atoms with E-state index < -0.39 is 24.0 Å². The largest absolute Gasteiger partial charge is 0.480 e. The monoisotopic (exact) mass is 298 g/mol. The first kappa shape index (κ1) is 17.7. The van der Waals surface area contributed by atoms with E-state index in [2.05, 4.69) is 12.2 Å². The molecule has 0 heterocycles. The van der Waals surface area contributed by atoms with Gasteiger partial charge < -0.3 is 21.3 Å². The van der Waals surface area contributed by atoms with Gasteiger partial charge in [0.2, 0.25) is 0 Å². The van der Waals surface area contributed by atoms with Crippen LogP contribution in [0.4, 0.5) is 0 Å². The molecule has 5 N–H and O–H groups in total. The summed E-state index contributed by atoms with van der Waals surface area (Å²) >= 11 is 0. The molecule has 120 valence electrons. The van der Waals surface area contributed by atoms with Crippen LogP contribution in [0.3, 0.4) is 0 Å². The van der Waals surface area contributed by atoms with E-state index in [1.54, 1.807) is 0 Å². The molecular weight excluding hydrogens is 272 g/mol. The van der Waals surface area contributed by atoms with Crippen LogP contribution in [0.5, 0.6) is 0 Å². The third kappa shape index (κ3) is 7.24. The van der Waals surface area contributed by atoms with Gasteiger partial charge in [-0.15, -0.1) is 0 Å². The minimum absolute atomic E-state index is 0.0604. The molecule has 0 radical (unpaired) electrons. The predicted octanol–water partition coefficient (Wildman–Crippen LogP) is 1.33. The number of carboxylic acids is 1. The van der Waals surface area contributed by atoms with Crippen LogP contribution in [0.1, 0.15) is 51.4 Å². The van der Waals surface area contributed by atoms with E-state index in [4.69, 9.17) is 21.3 Å². The number of nitrogens with two attached hydrogens (primary N) is 2. The number of ether oxygens (including phenoxy) is 1. The van der Waals surface area contributed by atoms with Crippen molar-refractivity contribution in [1.29, 1.82) is 0 Å². The van der Waals surface area contributed by atoms with Crippen molar-refractivity contribution in [2.75, 3.05) is 0 Å². The van der Waals surface area contributed by atoms with Gasteiger partial charge in [-0.1, -0.05) is 12.2 Å². The number of carboxylic acid groups (broad SMARTS) is 1. The van der Waals surface area contributed by atoms with E-state index in [1.165, 1.54) is 0 Å². The molecule has 21 heavy (non-hydrogen) atoms. The number of aliphatic carboxylic acids is 1. The minimum Gasteiger partial charge on any atom is -0.480 e. The average Bonchev–Trinajstić information content (AvgIpc) is 2.41. The number of hydrogen-bond donors (Lipinski definition) is 3.